The molecule has 0 aliphatic carbocycles. The Morgan fingerprint density at radius 1 is 1.00 bits per heavy atom. The van der Waals surface area contributed by atoms with Crippen molar-refractivity contribution in [3.63, 3.8) is 0 Å². The molecule has 138 valence electrons. The van der Waals surface area contributed by atoms with Gasteiger partial charge < -0.3 is 0 Å². The second-order valence-corrected chi connectivity index (χ2v) is 12.7. The molecule has 0 unspecified atom stereocenters. The van der Waals surface area contributed by atoms with Gasteiger partial charge in [0, 0.05) is 0 Å². The van der Waals surface area contributed by atoms with Crippen molar-refractivity contribution in [2.45, 2.75) is 17.0 Å². The third-order valence-corrected chi connectivity index (χ3v) is 6.57. The molecule has 2 aromatic carbocycles. The summed E-state index contributed by atoms with van der Waals surface area (Å²) < 4.78 is 5.41. The number of aromatic hydroxyl groups is 1. The number of nitro groups is 2. The number of nitrogens with zero attached hydrogens (tertiary/aromatic N) is 3. The molecule has 0 heterocycles. The summed E-state index contributed by atoms with van der Waals surface area (Å²) in [5.74, 6) is 2.54. The van der Waals surface area contributed by atoms with Gasteiger partial charge in [-0.2, -0.15) is 0 Å². The Labute approximate surface area is 150 Å². The molecule has 0 saturated heterocycles. The topological polar surface area (TPSA) is 136 Å². The Balaban J connectivity index is 2.33. The van der Waals surface area contributed by atoms with E-state index in [0.29, 0.717) is 11.4 Å². The monoisotopic (exact) mass is 430 g/mol. The Morgan fingerprint density at radius 2 is 1.58 bits per heavy atom. The molecule has 2 rings (SSSR count). The molecule has 11 heteroatoms. The number of non-ortho nitro benzene ring substituents is 1. The standard InChI is InChI=1S/C15H15N3O7Se/c1-26(2,10-11-6-4-3-5-7-11)25-18(24)14-9-12(16(20)21)8-13(15(14)19)17(22)23/h3-9H,10H2,1-2H3/p+1. The van der Waals surface area contributed by atoms with Gasteiger partial charge in [-0.3, -0.25) is 0 Å². The Kier molecular flexibility index (Phi) is 5.53. The van der Waals surface area contributed by atoms with Crippen LogP contribution in [0.3, 0.4) is 0 Å². The molecule has 10 nitrogen and oxygen atoms in total. The van der Waals surface area contributed by atoms with Crippen LogP contribution in [0.4, 0.5) is 17.1 Å². The van der Waals surface area contributed by atoms with Crippen molar-refractivity contribution in [3.05, 3.63) is 73.2 Å². The minimum atomic E-state index is -2.84. The molecule has 0 aliphatic heterocycles. The van der Waals surface area contributed by atoms with Gasteiger partial charge in [-0.05, 0) is 0 Å². The van der Waals surface area contributed by atoms with E-state index in [1.54, 1.807) is 11.6 Å². The van der Waals surface area contributed by atoms with Crippen LogP contribution < -0.4 is 0 Å². The Bertz CT molecular complexity index is 871. The van der Waals surface area contributed by atoms with Crippen molar-refractivity contribution in [1.29, 1.82) is 0 Å². The molecule has 2 aromatic rings. The van der Waals surface area contributed by atoms with E-state index in [1.165, 1.54) is 0 Å². The van der Waals surface area contributed by atoms with E-state index in [-0.39, 0.29) is 4.92 Å². The summed E-state index contributed by atoms with van der Waals surface area (Å²) >= 11 is -2.84. The normalized spacial score (nSPS) is 11.6. The summed E-state index contributed by atoms with van der Waals surface area (Å²) in [6, 6.07) is 10.6. The number of hydrogen-bond donors (Lipinski definition) is 1. The molecule has 0 atom stereocenters. The number of hydrogen-bond acceptors (Lipinski definition) is 7. The number of phenols is 1. The molecule has 1 N–H and O–H groups in total. The minimum absolute atomic E-state index is 0.0712. The summed E-state index contributed by atoms with van der Waals surface area (Å²) in [4.78, 5) is 32.3. The van der Waals surface area contributed by atoms with Gasteiger partial charge in [-0.1, -0.05) is 0 Å². The van der Waals surface area contributed by atoms with Gasteiger partial charge in [0.05, 0.1) is 0 Å². The number of benzene rings is 2. The van der Waals surface area contributed by atoms with Crippen LogP contribution in [-0.4, -0.2) is 33.1 Å². The SMILES string of the molecule is C[Se](C)(Cc1ccccc1)O[N+](=O)c1cc([N+](=O)[O-])cc([N+](=O)[O-])c1O. The Morgan fingerprint density at radius 3 is 2.12 bits per heavy atom. The zero-order chi connectivity index (χ0) is 19.5. The predicted octanol–water partition coefficient (Wildman–Crippen LogP) is 3.54. The molecule has 0 saturated carbocycles. The van der Waals surface area contributed by atoms with Gasteiger partial charge in [-0.15, -0.1) is 0 Å². The maximum atomic E-state index is 12.3. The number of rotatable bonds is 7. The van der Waals surface area contributed by atoms with Crippen LogP contribution in [0.25, 0.3) is 0 Å². The van der Waals surface area contributed by atoms with E-state index >= 15 is 0 Å². The average molecular weight is 429 g/mol. The molecule has 0 aromatic heterocycles. The third-order valence-electron chi connectivity index (χ3n) is 3.29. The first kappa shape index (κ1) is 19.3. The molecular weight excluding hydrogens is 413 g/mol. The van der Waals surface area contributed by atoms with Gasteiger partial charge >= 0.3 is 150 Å². The summed E-state index contributed by atoms with van der Waals surface area (Å²) in [5, 5.41) is 32.3. The molecule has 0 fully saturated rings. The van der Waals surface area contributed by atoms with E-state index in [2.05, 4.69) is 0 Å². The van der Waals surface area contributed by atoms with Crippen molar-refractivity contribution in [2.75, 3.05) is 0 Å². The first-order valence-electron chi connectivity index (χ1n) is 7.18. The quantitative estimate of drug-likeness (QED) is 0.404. The fourth-order valence-electron chi connectivity index (χ4n) is 2.20. The molecule has 0 radical (unpaired) electrons. The van der Waals surface area contributed by atoms with Crippen molar-refractivity contribution in [3.8, 4) is 5.75 Å². The fourth-order valence-corrected chi connectivity index (χ4v) is 5.33. The van der Waals surface area contributed by atoms with Crippen LogP contribution in [0.2, 0.25) is 11.6 Å². The van der Waals surface area contributed by atoms with E-state index in [9.17, 15) is 30.2 Å². The van der Waals surface area contributed by atoms with Gasteiger partial charge in [0.25, 0.3) is 0 Å². The number of nitro benzene ring substituents is 2. The van der Waals surface area contributed by atoms with Crippen LogP contribution in [-0.2, 0) is 9.24 Å². The van der Waals surface area contributed by atoms with Gasteiger partial charge in [-0.25, -0.2) is 0 Å². The van der Waals surface area contributed by atoms with E-state index < -0.39 is 45.8 Å². The fraction of sp³-hybridized carbons (Fsp3) is 0.200. The van der Waals surface area contributed by atoms with Crippen molar-refractivity contribution in [1.82, 2.24) is 0 Å². The maximum absolute atomic E-state index is 12.3. The molecule has 26 heavy (non-hydrogen) atoms. The van der Waals surface area contributed by atoms with E-state index in [0.717, 1.165) is 11.6 Å². The summed E-state index contributed by atoms with van der Waals surface area (Å²) in [5.41, 5.74) is -1.37. The third kappa shape index (κ3) is 4.52. The molecule has 0 amide bonds. The first-order chi connectivity index (χ1) is 12.1. The van der Waals surface area contributed by atoms with Gasteiger partial charge in [0.2, 0.25) is 0 Å². The average Bonchev–Trinajstić information content (AvgIpc) is 2.54. The molecule has 0 bridgehead atoms. The van der Waals surface area contributed by atoms with Gasteiger partial charge in [0.15, 0.2) is 0 Å². The van der Waals surface area contributed by atoms with Crippen molar-refractivity contribution >= 4 is 30.2 Å². The first-order valence-corrected chi connectivity index (χ1v) is 12.5. The molecule has 0 aliphatic rings. The van der Waals surface area contributed by atoms with Crippen LogP contribution in [0.5, 0.6) is 5.75 Å². The Hall–Kier alpha value is -3.04. The summed E-state index contributed by atoms with van der Waals surface area (Å²) in [7, 11) is 0. The predicted molar refractivity (Wildman–Crippen MR) is 93.4 cm³/mol. The zero-order valence-corrected chi connectivity index (χ0v) is 15.6. The molecular formula is C15H16N3O7Se+. The second-order valence-electron chi connectivity index (χ2n) is 5.75. The van der Waals surface area contributed by atoms with Crippen LogP contribution >= 0.6 is 0 Å². The second kappa shape index (κ2) is 7.46. The number of phenolic OH excluding ortho intramolecular Hbond substituents is 1. The van der Waals surface area contributed by atoms with Crippen LogP contribution in [0.15, 0.2) is 42.5 Å². The van der Waals surface area contributed by atoms with Crippen molar-refractivity contribution in [2.24, 2.45) is 0 Å². The van der Waals surface area contributed by atoms with Gasteiger partial charge in [0.1, 0.15) is 0 Å². The summed E-state index contributed by atoms with van der Waals surface area (Å²) in [6.07, 6.45) is 0. The van der Waals surface area contributed by atoms with Crippen LogP contribution in [0.1, 0.15) is 5.56 Å². The molecule has 0 spiro atoms. The van der Waals surface area contributed by atoms with E-state index in [4.69, 9.17) is 3.92 Å². The van der Waals surface area contributed by atoms with Crippen LogP contribution in [0, 0.1) is 25.1 Å². The zero-order valence-electron chi connectivity index (χ0n) is 13.9. The van der Waals surface area contributed by atoms with E-state index in [1.807, 2.05) is 30.3 Å². The van der Waals surface area contributed by atoms with Crippen molar-refractivity contribution < 1.29 is 23.8 Å². The summed E-state index contributed by atoms with van der Waals surface area (Å²) in [6.45, 7) is 0.